The van der Waals surface area contributed by atoms with E-state index in [4.69, 9.17) is 5.73 Å². The zero-order valence-corrected chi connectivity index (χ0v) is 12.6. The van der Waals surface area contributed by atoms with Gasteiger partial charge in [0.15, 0.2) is 0 Å². The summed E-state index contributed by atoms with van der Waals surface area (Å²) in [6, 6.07) is 18.7. The van der Waals surface area contributed by atoms with Crippen LogP contribution in [-0.2, 0) is 6.42 Å². The van der Waals surface area contributed by atoms with Crippen molar-refractivity contribution in [3.8, 4) is 0 Å². The van der Waals surface area contributed by atoms with Crippen molar-refractivity contribution in [3.63, 3.8) is 0 Å². The molecule has 1 amide bonds. The number of nitrogens with zero attached hydrogens (tertiary/aromatic N) is 1. The number of pyridine rings is 1. The first-order valence-electron chi connectivity index (χ1n) is 7.35. The molecule has 3 N–H and O–H groups in total. The lowest BCUT2D eigenvalue weighted by Crippen LogP contribution is -2.11. The Labute approximate surface area is 135 Å². The second-order valence-electron chi connectivity index (χ2n) is 5.31. The molecule has 4 heteroatoms. The summed E-state index contributed by atoms with van der Waals surface area (Å²) in [4.78, 5) is 16.2. The maximum Gasteiger partial charge on any atom is 0.255 e. The zero-order chi connectivity index (χ0) is 16.1. The van der Waals surface area contributed by atoms with Gasteiger partial charge in [-0.05, 0) is 66.1 Å². The third-order valence-corrected chi connectivity index (χ3v) is 3.54. The predicted octanol–water partition coefficient (Wildman–Crippen LogP) is 3.51. The van der Waals surface area contributed by atoms with Gasteiger partial charge in [-0.15, -0.1) is 0 Å². The van der Waals surface area contributed by atoms with E-state index >= 15 is 0 Å². The minimum absolute atomic E-state index is 0.146. The van der Waals surface area contributed by atoms with Gasteiger partial charge < -0.3 is 11.1 Å². The molecule has 3 rings (SSSR count). The van der Waals surface area contributed by atoms with E-state index in [9.17, 15) is 4.79 Å². The Morgan fingerprint density at radius 2 is 1.48 bits per heavy atom. The molecule has 114 valence electrons. The molecule has 0 aliphatic carbocycles. The summed E-state index contributed by atoms with van der Waals surface area (Å²) in [5, 5.41) is 2.88. The lowest BCUT2D eigenvalue weighted by atomic mass is 10.1. The smallest absolute Gasteiger partial charge is 0.255 e. The topological polar surface area (TPSA) is 68.0 Å². The number of rotatable bonds is 4. The molecule has 0 saturated carbocycles. The fraction of sp³-hybridized carbons (Fsp3) is 0.0526. The first kappa shape index (κ1) is 14.8. The van der Waals surface area contributed by atoms with E-state index in [-0.39, 0.29) is 5.91 Å². The number of hydrogen-bond acceptors (Lipinski definition) is 3. The number of nitrogen functional groups attached to an aromatic ring is 1. The van der Waals surface area contributed by atoms with Crippen LogP contribution in [0.25, 0.3) is 0 Å². The van der Waals surface area contributed by atoms with E-state index < -0.39 is 0 Å². The van der Waals surface area contributed by atoms with Crippen LogP contribution in [0.1, 0.15) is 21.5 Å². The Kier molecular flexibility index (Phi) is 4.34. The molecule has 3 aromatic rings. The highest BCUT2D eigenvalue weighted by atomic mass is 16.1. The molecule has 0 atom stereocenters. The molecule has 0 aliphatic heterocycles. The lowest BCUT2D eigenvalue weighted by Gasteiger charge is -2.07. The van der Waals surface area contributed by atoms with Crippen molar-refractivity contribution in [3.05, 3.63) is 89.7 Å². The molecule has 0 fully saturated rings. The van der Waals surface area contributed by atoms with Crippen molar-refractivity contribution in [1.82, 2.24) is 4.98 Å². The van der Waals surface area contributed by atoms with Crippen LogP contribution < -0.4 is 11.1 Å². The van der Waals surface area contributed by atoms with Gasteiger partial charge in [-0.25, -0.2) is 0 Å². The SMILES string of the molecule is Nc1ccc(C(=O)Nc2ccc(Cc3ccncc3)cc2)cc1. The summed E-state index contributed by atoms with van der Waals surface area (Å²) in [5.41, 5.74) is 10.0. The fourth-order valence-corrected chi connectivity index (χ4v) is 2.28. The van der Waals surface area contributed by atoms with Gasteiger partial charge in [0.2, 0.25) is 0 Å². The molecular weight excluding hydrogens is 286 g/mol. The largest absolute Gasteiger partial charge is 0.399 e. The van der Waals surface area contributed by atoms with Crippen molar-refractivity contribution in [2.24, 2.45) is 0 Å². The average molecular weight is 303 g/mol. The number of nitrogens with one attached hydrogen (secondary N) is 1. The number of aromatic nitrogens is 1. The van der Waals surface area contributed by atoms with Crippen molar-refractivity contribution < 1.29 is 4.79 Å². The Hall–Kier alpha value is -3.14. The number of benzene rings is 2. The molecule has 1 heterocycles. The van der Waals surface area contributed by atoms with E-state index in [1.807, 2.05) is 36.4 Å². The summed E-state index contributed by atoms with van der Waals surface area (Å²) >= 11 is 0. The number of anilines is 2. The van der Waals surface area contributed by atoms with Gasteiger partial charge >= 0.3 is 0 Å². The monoisotopic (exact) mass is 303 g/mol. The molecule has 0 bridgehead atoms. The van der Waals surface area contributed by atoms with Crippen LogP contribution in [0.5, 0.6) is 0 Å². The van der Waals surface area contributed by atoms with E-state index in [0.29, 0.717) is 11.3 Å². The van der Waals surface area contributed by atoms with Gasteiger partial charge in [-0.2, -0.15) is 0 Å². The minimum Gasteiger partial charge on any atom is -0.399 e. The predicted molar refractivity (Wildman–Crippen MR) is 92.3 cm³/mol. The highest BCUT2D eigenvalue weighted by Gasteiger charge is 2.05. The Bertz CT molecular complexity index is 781. The van der Waals surface area contributed by atoms with Gasteiger partial charge in [0.1, 0.15) is 0 Å². The normalized spacial score (nSPS) is 10.3. The third kappa shape index (κ3) is 3.95. The highest BCUT2D eigenvalue weighted by molar-refractivity contribution is 6.04. The molecule has 4 nitrogen and oxygen atoms in total. The van der Waals surface area contributed by atoms with Crippen LogP contribution in [0.3, 0.4) is 0 Å². The maximum absolute atomic E-state index is 12.1. The molecule has 0 saturated heterocycles. The van der Waals surface area contributed by atoms with E-state index in [0.717, 1.165) is 12.1 Å². The van der Waals surface area contributed by atoms with Crippen LogP contribution in [0.15, 0.2) is 73.1 Å². The van der Waals surface area contributed by atoms with Crippen LogP contribution in [0, 0.1) is 0 Å². The van der Waals surface area contributed by atoms with Crippen LogP contribution in [0.2, 0.25) is 0 Å². The van der Waals surface area contributed by atoms with Crippen LogP contribution in [-0.4, -0.2) is 10.9 Å². The Balaban J connectivity index is 1.65. The molecule has 2 aromatic carbocycles. The molecule has 0 unspecified atom stereocenters. The third-order valence-electron chi connectivity index (χ3n) is 3.54. The molecule has 23 heavy (non-hydrogen) atoms. The lowest BCUT2D eigenvalue weighted by molar-refractivity contribution is 0.102. The van der Waals surface area contributed by atoms with E-state index in [2.05, 4.69) is 10.3 Å². The van der Waals surface area contributed by atoms with E-state index in [1.54, 1.807) is 36.7 Å². The van der Waals surface area contributed by atoms with Gasteiger partial charge in [0.25, 0.3) is 5.91 Å². The molecule has 1 aromatic heterocycles. The Morgan fingerprint density at radius 1 is 0.870 bits per heavy atom. The number of amides is 1. The molecular formula is C19H17N3O. The van der Waals surface area contributed by atoms with Gasteiger partial charge in [-0.1, -0.05) is 12.1 Å². The number of hydrogen-bond donors (Lipinski definition) is 2. The zero-order valence-electron chi connectivity index (χ0n) is 12.6. The fourth-order valence-electron chi connectivity index (χ4n) is 2.28. The molecule has 0 aliphatic rings. The maximum atomic E-state index is 12.1. The summed E-state index contributed by atoms with van der Waals surface area (Å²) in [6.07, 6.45) is 4.42. The van der Waals surface area contributed by atoms with Gasteiger partial charge in [0.05, 0.1) is 0 Å². The average Bonchev–Trinajstić information content (AvgIpc) is 2.58. The van der Waals surface area contributed by atoms with Crippen LogP contribution in [0.4, 0.5) is 11.4 Å². The van der Waals surface area contributed by atoms with Gasteiger partial charge in [0, 0.05) is 29.3 Å². The summed E-state index contributed by atoms with van der Waals surface area (Å²) in [6.45, 7) is 0. The first-order chi connectivity index (χ1) is 11.2. The minimum atomic E-state index is -0.146. The summed E-state index contributed by atoms with van der Waals surface area (Å²) in [7, 11) is 0. The number of carbonyl (C=O) groups is 1. The second kappa shape index (κ2) is 6.75. The highest BCUT2D eigenvalue weighted by Crippen LogP contribution is 2.15. The number of nitrogens with two attached hydrogens (primary N) is 1. The molecule has 0 radical (unpaired) electrons. The quantitative estimate of drug-likeness (QED) is 0.725. The van der Waals surface area contributed by atoms with Crippen LogP contribution >= 0.6 is 0 Å². The molecule has 0 spiro atoms. The van der Waals surface area contributed by atoms with Crippen molar-refractivity contribution >= 4 is 17.3 Å². The number of carbonyl (C=O) groups excluding carboxylic acids is 1. The summed E-state index contributed by atoms with van der Waals surface area (Å²) < 4.78 is 0. The van der Waals surface area contributed by atoms with E-state index in [1.165, 1.54) is 11.1 Å². The van der Waals surface area contributed by atoms with Gasteiger partial charge in [-0.3, -0.25) is 9.78 Å². The Morgan fingerprint density at radius 3 is 2.13 bits per heavy atom. The second-order valence-corrected chi connectivity index (χ2v) is 5.31. The van der Waals surface area contributed by atoms with Crippen molar-refractivity contribution in [2.45, 2.75) is 6.42 Å². The van der Waals surface area contributed by atoms with Crippen molar-refractivity contribution in [1.29, 1.82) is 0 Å². The first-order valence-corrected chi connectivity index (χ1v) is 7.35. The standard InChI is InChI=1S/C19H17N3O/c20-17-5-3-16(4-6-17)19(23)22-18-7-1-14(2-8-18)13-15-9-11-21-12-10-15/h1-12H,13,20H2,(H,22,23). The summed E-state index contributed by atoms with van der Waals surface area (Å²) in [5.74, 6) is -0.146. The van der Waals surface area contributed by atoms with Crippen molar-refractivity contribution in [2.75, 3.05) is 11.1 Å².